The normalized spacial score (nSPS) is 15.8. The Balaban J connectivity index is 1.56. The molecule has 0 radical (unpaired) electrons. The predicted octanol–water partition coefficient (Wildman–Crippen LogP) is 2.35. The van der Waals surface area contributed by atoms with Crippen LogP contribution < -0.4 is 10.6 Å². The fourth-order valence-electron chi connectivity index (χ4n) is 3.06. The van der Waals surface area contributed by atoms with Crippen LogP contribution in [0.1, 0.15) is 40.7 Å². The summed E-state index contributed by atoms with van der Waals surface area (Å²) < 4.78 is 10.3. The maximum atomic E-state index is 12.5. The Morgan fingerprint density at radius 2 is 2.07 bits per heavy atom. The molecule has 2 N–H and O–H groups in total. The van der Waals surface area contributed by atoms with Crippen molar-refractivity contribution >= 4 is 23.6 Å². The fraction of sp³-hybridized carbons (Fsp3) is 0.450. The first-order chi connectivity index (χ1) is 13.7. The van der Waals surface area contributed by atoms with E-state index >= 15 is 0 Å². The molecule has 7 nitrogen and oxygen atoms in total. The van der Waals surface area contributed by atoms with Crippen LogP contribution >= 0.6 is 11.8 Å². The number of ether oxygens (including phenoxy) is 1. The number of esters is 1. The number of carbonyl (C=O) groups is 2. The number of hydrogen-bond acceptors (Lipinski definition) is 7. The summed E-state index contributed by atoms with van der Waals surface area (Å²) in [4.78, 5) is 28.9. The zero-order valence-electron chi connectivity index (χ0n) is 15.8. The molecule has 1 aromatic carbocycles. The Labute approximate surface area is 168 Å². The summed E-state index contributed by atoms with van der Waals surface area (Å²) in [7, 11) is 1.31. The quantitative estimate of drug-likeness (QED) is 0.654. The number of nitrogens with one attached hydrogen (secondary N) is 2. The van der Waals surface area contributed by atoms with Gasteiger partial charge in [-0.05, 0) is 31.5 Å². The second-order valence-electron chi connectivity index (χ2n) is 6.65. The van der Waals surface area contributed by atoms with E-state index in [4.69, 9.17) is 9.15 Å². The highest BCUT2D eigenvalue weighted by molar-refractivity contribution is 7.98. The molecular weight excluding hydrogens is 378 g/mol. The Hall–Kier alpha value is -2.32. The van der Waals surface area contributed by atoms with E-state index in [2.05, 4.69) is 15.6 Å². The van der Waals surface area contributed by atoms with Gasteiger partial charge in [0, 0.05) is 17.4 Å². The van der Waals surface area contributed by atoms with E-state index < -0.39 is 17.9 Å². The van der Waals surface area contributed by atoms with Crippen molar-refractivity contribution in [1.29, 1.82) is 0 Å². The molecule has 0 aliphatic carbocycles. The molecule has 1 saturated heterocycles. The van der Waals surface area contributed by atoms with Gasteiger partial charge in [-0.1, -0.05) is 30.3 Å². The second kappa shape index (κ2) is 10.3. The molecule has 1 atom stereocenters. The lowest BCUT2D eigenvalue weighted by molar-refractivity contribution is -0.142. The standard InChI is InChI=1S/C20H25N3O4S/c1-26-20(25)17(13-28-12-14-5-3-2-4-6-14)22-18(24)16-11-27-19(23-16)15-7-9-21-10-8-15/h2-6,11,15,17,21H,7-10,12-13H2,1H3,(H,22,24). The topological polar surface area (TPSA) is 93.5 Å². The number of thioether (sulfide) groups is 1. The molecular formula is C20H25N3O4S. The van der Waals surface area contributed by atoms with Crippen LogP contribution in [-0.4, -0.2) is 48.9 Å². The molecule has 1 aliphatic heterocycles. The first-order valence-electron chi connectivity index (χ1n) is 9.34. The summed E-state index contributed by atoms with van der Waals surface area (Å²) in [6.45, 7) is 1.83. The molecule has 150 valence electrons. The van der Waals surface area contributed by atoms with Gasteiger partial charge in [0.25, 0.3) is 5.91 Å². The van der Waals surface area contributed by atoms with Gasteiger partial charge in [0.2, 0.25) is 0 Å². The largest absolute Gasteiger partial charge is 0.467 e. The lowest BCUT2D eigenvalue weighted by Crippen LogP contribution is -2.43. The first-order valence-corrected chi connectivity index (χ1v) is 10.5. The molecule has 2 aromatic rings. The van der Waals surface area contributed by atoms with E-state index in [0.29, 0.717) is 11.6 Å². The molecule has 1 aromatic heterocycles. The SMILES string of the molecule is COC(=O)C(CSCc1ccccc1)NC(=O)c1coc(C2CCNCC2)n1. The van der Waals surface area contributed by atoms with Crippen LogP contribution in [0.2, 0.25) is 0 Å². The number of carbonyl (C=O) groups excluding carboxylic acids is 2. The molecule has 1 aliphatic rings. The van der Waals surface area contributed by atoms with Crippen LogP contribution in [0.4, 0.5) is 0 Å². The fourth-order valence-corrected chi connectivity index (χ4v) is 4.06. The number of amides is 1. The van der Waals surface area contributed by atoms with Crippen LogP contribution in [0, 0.1) is 0 Å². The molecule has 0 bridgehead atoms. The van der Waals surface area contributed by atoms with E-state index in [-0.39, 0.29) is 11.6 Å². The Morgan fingerprint density at radius 1 is 1.32 bits per heavy atom. The number of aromatic nitrogens is 1. The summed E-state index contributed by atoms with van der Waals surface area (Å²) in [6.07, 6.45) is 3.23. The summed E-state index contributed by atoms with van der Waals surface area (Å²) in [6, 6.07) is 9.21. The van der Waals surface area contributed by atoms with Crippen molar-refractivity contribution in [3.05, 3.63) is 53.7 Å². The van der Waals surface area contributed by atoms with Gasteiger partial charge in [-0.15, -0.1) is 0 Å². The van der Waals surface area contributed by atoms with Crippen LogP contribution in [0.5, 0.6) is 0 Å². The van der Waals surface area contributed by atoms with Crippen molar-refractivity contribution in [1.82, 2.24) is 15.6 Å². The summed E-state index contributed by atoms with van der Waals surface area (Å²) in [5, 5.41) is 6.01. The van der Waals surface area contributed by atoms with E-state index in [9.17, 15) is 9.59 Å². The number of methoxy groups -OCH3 is 1. The third-order valence-corrected chi connectivity index (χ3v) is 5.74. The summed E-state index contributed by atoms with van der Waals surface area (Å²) in [5.41, 5.74) is 1.35. The van der Waals surface area contributed by atoms with Gasteiger partial charge in [-0.2, -0.15) is 11.8 Å². The minimum absolute atomic E-state index is 0.190. The molecule has 2 heterocycles. The van der Waals surface area contributed by atoms with Crippen molar-refractivity contribution in [2.24, 2.45) is 0 Å². The summed E-state index contributed by atoms with van der Waals surface area (Å²) >= 11 is 1.56. The third-order valence-electron chi connectivity index (χ3n) is 4.63. The predicted molar refractivity (Wildman–Crippen MR) is 107 cm³/mol. The van der Waals surface area contributed by atoms with Crippen LogP contribution in [0.3, 0.4) is 0 Å². The van der Waals surface area contributed by atoms with Crippen LogP contribution in [0.25, 0.3) is 0 Å². The van der Waals surface area contributed by atoms with Gasteiger partial charge in [0.05, 0.1) is 7.11 Å². The maximum Gasteiger partial charge on any atom is 0.329 e. The van der Waals surface area contributed by atoms with Crippen molar-refractivity contribution in [2.45, 2.75) is 30.6 Å². The number of nitrogens with zero attached hydrogens (tertiary/aromatic N) is 1. The minimum Gasteiger partial charge on any atom is -0.467 e. The van der Waals surface area contributed by atoms with Gasteiger partial charge in [0.15, 0.2) is 11.6 Å². The van der Waals surface area contributed by atoms with E-state index in [1.165, 1.54) is 13.4 Å². The first kappa shape index (κ1) is 20.4. The molecule has 28 heavy (non-hydrogen) atoms. The van der Waals surface area contributed by atoms with Gasteiger partial charge < -0.3 is 19.8 Å². The smallest absolute Gasteiger partial charge is 0.329 e. The minimum atomic E-state index is -0.745. The number of oxazole rings is 1. The van der Waals surface area contributed by atoms with Crippen molar-refractivity contribution < 1.29 is 18.7 Å². The van der Waals surface area contributed by atoms with Gasteiger partial charge in [-0.25, -0.2) is 9.78 Å². The van der Waals surface area contributed by atoms with Gasteiger partial charge >= 0.3 is 5.97 Å². The molecule has 3 rings (SSSR count). The summed E-state index contributed by atoms with van der Waals surface area (Å²) in [5.74, 6) is 1.05. The third kappa shape index (κ3) is 5.59. The zero-order valence-corrected chi connectivity index (χ0v) is 16.7. The van der Waals surface area contributed by atoms with Crippen molar-refractivity contribution in [3.8, 4) is 0 Å². The highest BCUT2D eigenvalue weighted by Crippen LogP contribution is 2.24. The molecule has 1 fully saturated rings. The number of rotatable bonds is 8. The lowest BCUT2D eigenvalue weighted by Gasteiger charge is -2.19. The molecule has 0 spiro atoms. The number of benzene rings is 1. The van der Waals surface area contributed by atoms with Crippen molar-refractivity contribution in [3.63, 3.8) is 0 Å². The molecule has 8 heteroatoms. The number of piperidine rings is 1. The number of hydrogen-bond donors (Lipinski definition) is 2. The Morgan fingerprint density at radius 3 is 2.79 bits per heavy atom. The highest BCUT2D eigenvalue weighted by atomic mass is 32.2. The van der Waals surface area contributed by atoms with E-state index in [1.807, 2.05) is 30.3 Å². The zero-order chi connectivity index (χ0) is 19.8. The molecule has 1 amide bonds. The molecule has 0 saturated carbocycles. The van der Waals surface area contributed by atoms with Gasteiger partial charge in [0.1, 0.15) is 12.3 Å². The van der Waals surface area contributed by atoms with Crippen molar-refractivity contribution in [2.75, 3.05) is 26.0 Å². The molecule has 1 unspecified atom stereocenters. The second-order valence-corrected chi connectivity index (χ2v) is 7.68. The van der Waals surface area contributed by atoms with Gasteiger partial charge in [-0.3, -0.25) is 4.79 Å². The maximum absolute atomic E-state index is 12.5. The van der Waals surface area contributed by atoms with Crippen LogP contribution in [-0.2, 0) is 15.3 Å². The monoisotopic (exact) mass is 403 g/mol. The average Bonchev–Trinajstić information content (AvgIpc) is 3.24. The van der Waals surface area contributed by atoms with E-state index in [1.54, 1.807) is 11.8 Å². The Bertz CT molecular complexity index is 775. The van der Waals surface area contributed by atoms with Crippen LogP contribution in [0.15, 0.2) is 41.0 Å². The Kier molecular flexibility index (Phi) is 7.50. The average molecular weight is 404 g/mol. The van der Waals surface area contributed by atoms with E-state index in [0.717, 1.165) is 37.2 Å². The highest BCUT2D eigenvalue weighted by Gasteiger charge is 2.26. The lowest BCUT2D eigenvalue weighted by atomic mass is 9.98.